The molecule has 5 nitrogen and oxygen atoms in total. The summed E-state index contributed by atoms with van der Waals surface area (Å²) in [5.74, 6) is -1.21. The van der Waals surface area contributed by atoms with Crippen molar-refractivity contribution >= 4 is 49.1 Å². The molecular formula is C13H9BrClFN2O3S. The predicted molar refractivity (Wildman–Crippen MR) is 84.9 cm³/mol. The van der Waals surface area contributed by atoms with Gasteiger partial charge in [-0.15, -0.1) is 0 Å². The van der Waals surface area contributed by atoms with Crippen molar-refractivity contribution in [3.63, 3.8) is 0 Å². The van der Waals surface area contributed by atoms with E-state index in [0.717, 1.165) is 12.1 Å². The largest absolute Gasteiger partial charge is 0.322 e. The molecule has 116 valence electrons. The number of hydrogen-bond acceptors (Lipinski definition) is 3. The molecule has 0 aromatic heterocycles. The van der Waals surface area contributed by atoms with Crippen LogP contribution in [0.5, 0.6) is 0 Å². The van der Waals surface area contributed by atoms with Crippen LogP contribution in [0.25, 0.3) is 0 Å². The highest BCUT2D eigenvalue weighted by atomic mass is 79.9. The van der Waals surface area contributed by atoms with Gasteiger partial charge in [0.1, 0.15) is 5.82 Å². The number of carbonyl (C=O) groups is 1. The summed E-state index contributed by atoms with van der Waals surface area (Å²) < 4.78 is 36.1. The van der Waals surface area contributed by atoms with E-state index in [1.54, 1.807) is 0 Å². The number of halogens is 3. The van der Waals surface area contributed by atoms with Crippen LogP contribution < -0.4 is 10.5 Å². The number of primary sulfonamides is 1. The fourth-order valence-electron chi connectivity index (χ4n) is 1.63. The van der Waals surface area contributed by atoms with Crippen LogP contribution >= 0.6 is 27.5 Å². The van der Waals surface area contributed by atoms with E-state index in [1.807, 2.05) is 0 Å². The molecule has 0 spiro atoms. The zero-order valence-electron chi connectivity index (χ0n) is 10.8. The Morgan fingerprint density at radius 3 is 2.50 bits per heavy atom. The molecule has 0 radical (unpaired) electrons. The van der Waals surface area contributed by atoms with E-state index in [2.05, 4.69) is 21.2 Å². The molecule has 0 aliphatic heterocycles. The molecule has 0 unspecified atom stereocenters. The highest BCUT2D eigenvalue weighted by Crippen LogP contribution is 2.23. The summed E-state index contributed by atoms with van der Waals surface area (Å²) >= 11 is 8.78. The standard InChI is InChI=1S/C13H9BrClFN2O3S/c14-10-3-2-8(22(17,20)21)6-9(10)13(19)18-7-1-4-12(16)11(15)5-7/h1-6H,(H,18,19)(H2,17,20,21). The lowest BCUT2D eigenvalue weighted by Crippen LogP contribution is -2.16. The number of nitrogens with one attached hydrogen (secondary N) is 1. The first-order valence-electron chi connectivity index (χ1n) is 5.77. The fourth-order valence-corrected chi connectivity index (χ4v) is 2.77. The number of benzene rings is 2. The van der Waals surface area contributed by atoms with Gasteiger partial charge in [0.05, 0.1) is 15.5 Å². The first-order chi connectivity index (χ1) is 10.2. The minimum atomic E-state index is -3.93. The van der Waals surface area contributed by atoms with Gasteiger partial charge in [0.15, 0.2) is 0 Å². The number of anilines is 1. The fraction of sp³-hybridized carbons (Fsp3) is 0. The quantitative estimate of drug-likeness (QED) is 0.819. The predicted octanol–water partition coefficient (Wildman–Crippen LogP) is 3.14. The Balaban J connectivity index is 2.35. The molecule has 3 N–H and O–H groups in total. The second-order valence-corrected chi connectivity index (χ2v) is 7.09. The minimum Gasteiger partial charge on any atom is -0.322 e. The van der Waals surface area contributed by atoms with Crippen molar-refractivity contribution in [3.8, 4) is 0 Å². The molecule has 0 aliphatic rings. The van der Waals surface area contributed by atoms with Gasteiger partial charge in [-0.2, -0.15) is 0 Å². The third kappa shape index (κ3) is 3.83. The van der Waals surface area contributed by atoms with E-state index in [9.17, 15) is 17.6 Å². The molecule has 0 atom stereocenters. The highest BCUT2D eigenvalue weighted by Gasteiger charge is 2.16. The molecule has 2 aromatic carbocycles. The molecule has 1 amide bonds. The number of sulfonamides is 1. The van der Waals surface area contributed by atoms with Crippen LogP contribution in [0.3, 0.4) is 0 Å². The highest BCUT2D eigenvalue weighted by molar-refractivity contribution is 9.10. The average molecular weight is 408 g/mol. The molecular weight excluding hydrogens is 399 g/mol. The number of nitrogens with two attached hydrogens (primary N) is 1. The number of carbonyl (C=O) groups excluding carboxylic acids is 1. The van der Waals surface area contributed by atoms with E-state index < -0.39 is 21.7 Å². The van der Waals surface area contributed by atoms with Crippen LogP contribution in [0, 0.1) is 5.82 Å². The van der Waals surface area contributed by atoms with Crippen LogP contribution in [0.2, 0.25) is 5.02 Å². The van der Waals surface area contributed by atoms with Crippen molar-refractivity contribution in [2.24, 2.45) is 5.14 Å². The van der Waals surface area contributed by atoms with Gasteiger partial charge in [0.2, 0.25) is 10.0 Å². The van der Waals surface area contributed by atoms with Gasteiger partial charge < -0.3 is 5.32 Å². The lowest BCUT2D eigenvalue weighted by molar-refractivity contribution is 0.102. The van der Waals surface area contributed by atoms with E-state index in [-0.39, 0.29) is 21.2 Å². The second kappa shape index (κ2) is 6.33. The molecule has 22 heavy (non-hydrogen) atoms. The number of rotatable bonds is 3. The van der Waals surface area contributed by atoms with Gasteiger partial charge in [-0.1, -0.05) is 11.6 Å². The van der Waals surface area contributed by atoms with Gasteiger partial charge in [-0.25, -0.2) is 17.9 Å². The van der Waals surface area contributed by atoms with Crippen LogP contribution in [0.15, 0.2) is 45.8 Å². The lowest BCUT2D eigenvalue weighted by atomic mass is 10.2. The van der Waals surface area contributed by atoms with E-state index in [4.69, 9.17) is 16.7 Å². The molecule has 9 heteroatoms. The van der Waals surface area contributed by atoms with Crippen molar-refractivity contribution in [1.29, 1.82) is 0 Å². The number of hydrogen-bond donors (Lipinski definition) is 2. The zero-order chi connectivity index (χ0) is 16.5. The Morgan fingerprint density at radius 2 is 1.91 bits per heavy atom. The Hall–Kier alpha value is -1.48. The SMILES string of the molecule is NS(=O)(=O)c1ccc(Br)c(C(=O)Nc2ccc(F)c(Cl)c2)c1. The van der Waals surface area contributed by atoms with Crippen LogP contribution in [-0.4, -0.2) is 14.3 Å². The maximum Gasteiger partial charge on any atom is 0.256 e. The normalized spacial score (nSPS) is 11.3. The van der Waals surface area contributed by atoms with E-state index in [1.165, 1.54) is 24.3 Å². The maximum atomic E-state index is 13.1. The molecule has 2 rings (SSSR count). The van der Waals surface area contributed by atoms with Gasteiger partial charge >= 0.3 is 0 Å². The van der Waals surface area contributed by atoms with Crippen molar-refractivity contribution in [3.05, 3.63) is 57.3 Å². The Kier molecular flexibility index (Phi) is 4.86. The summed E-state index contributed by atoms with van der Waals surface area (Å²) in [6.45, 7) is 0. The van der Waals surface area contributed by atoms with Crippen molar-refractivity contribution < 1.29 is 17.6 Å². The molecule has 2 aromatic rings. The first kappa shape index (κ1) is 16.9. The topological polar surface area (TPSA) is 89.3 Å². The summed E-state index contributed by atoms with van der Waals surface area (Å²) in [5.41, 5.74) is 0.330. The molecule has 0 heterocycles. The van der Waals surface area contributed by atoms with Gasteiger partial charge in [0.25, 0.3) is 5.91 Å². The van der Waals surface area contributed by atoms with Crippen LogP contribution in [0.1, 0.15) is 10.4 Å². The van der Waals surface area contributed by atoms with Crippen molar-refractivity contribution in [1.82, 2.24) is 0 Å². The summed E-state index contributed by atoms with van der Waals surface area (Å²) in [6, 6.07) is 7.48. The van der Waals surface area contributed by atoms with Crippen molar-refractivity contribution in [2.45, 2.75) is 4.90 Å². The third-order valence-corrected chi connectivity index (χ3v) is 4.58. The summed E-state index contributed by atoms with van der Waals surface area (Å²) in [5, 5.41) is 7.38. The zero-order valence-corrected chi connectivity index (χ0v) is 14.0. The molecule has 0 saturated carbocycles. The van der Waals surface area contributed by atoms with Gasteiger partial charge in [0, 0.05) is 10.2 Å². The minimum absolute atomic E-state index is 0.0620. The Morgan fingerprint density at radius 1 is 1.23 bits per heavy atom. The molecule has 0 saturated heterocycles. The Labute approximate surface area is 139 Å². The maximum absolute atomic E-state index is 13.1. The van der Waals surface area contributed by atoms with Gasteiger partial charge in [-0.05, 0) is 52.3 Å². The van der Waals surface area contributed by atoms with Crippen molar-refractivity contribution in [2.75, 3.05) is 5.32 Å². The summed E-state index contributed by atoms with van der Waals surface area (Å²) in [7, 11) is -3.93. The summed E-state index contributed by atoms with van der Waals surface area (Å²) in [6.07, 6.45) is 0. The smallest absolute Gasteiger partial charge is 0.256 e. The van der Waals surface area contributed by atoms with Crippen LogP contribution in [0.4, 0.5) is 10.1 Å². The second-order valence-electron chi connectivity index (χ2n) is 4.27. The Bertz CT molecular complexity index is 858. The summed E-state index contributed by atoms with van der Waals surface area (Å²) in [4.78, 5) is 12.0. The molecule has 0 fully saturated rings. The number of amides is 1. The van der Waals surface area contributed by atoms with Crippen LogP contribution in [-0.2, 0) is 10.0 Å². The van der Waals surface area contributed by atoms with Gasteiger partial charge in [-0.3, -0.25) is 4.79 Å². The van der Waals surface area contributed by atoms with E-state index >= 15 is 0 Å². The average Bonchev–Trinajstić information content (AvgIpc) is 2.42. The third-order valence-electron chi connectivity index (χ3n) is 2.69. The first-order valence-corrected chi connectivity index (χ1v) is 8.49. The molecule has 0 aliphatic carbocycles. The lowest BCUT2D eigenvalue weighted by Gasteiger charge is -2.09. The molecule has 0 bridgehead atoms. The van der Waals surface area contributed by atoms with E-state index in [0.29, 0.717) is 4.47 Å². The monoisotopic (exact) mass is 406 g/mol.